The van der Waals surface area contributed by atoms with Crippen LogP contribution in [0.15, 0.2) is 18.2 Å². The van der Waals surface area contributed by atoms with Crippen molar-refractivity contribution < 1.29 is 9.13 Å². The van der Waals surface area contributed by atoms with Crippen LogP contribution in [0.1, 0.15) is 38.7 Å². The van der Waals surface area contributed by atoms with E-state index in [2.05, 4.69) is 19.2 Å². The highest BCUT2D eigenvalue weighted by atomic mass is 19.1. The van der Waals surface area contributed by atoms with E-state index < -0.39 is 0 Å². The van der Waals surface area contributed by atoms with Crippen LogP contribution in [0.3, 0.4) is 0 Å². The Bertz CT molecular complexity index is 354. The Morgan fingerprint density at radius 3 is 2.78 bits per heavy atom. The summed E-state index contributed by atoms with van der Waals surface area (Å²) in [6, 6.07) is 5.22. The van der Waals surface area contributed by atoms with Gasteiger partial charge in [-0.05, 0) is 44.4 Å². The van der Waals surface area contributed by atoms with E-state index in [0.29, 0.717) is 18.4 Å². The first kappa shape index (κ1) is 15.0. The lowest BCUT2D eigenvalue weighted by molar-refractivity contribution is 0.292. The molecule has 0 radical (unpaired) electrons. The number of aryl methyl sites for hydroxylation is 1. The third-order valence-corrected chi connectivity index (χ3v) is 3.09. The molecule has 1 aromatic rings. The maximum atomic E-state index is 13.0. The van der Waals surface area contributed by atoms with Crippen LogP contribution in [0, 0.1) is 12.7 Å². The molecule has 1 rings (SSSR count). The Morgan fingerprint density at radius 1 is 1.33 bits per heavy atom. The monoisotopic (exact) mass is 253 g/mol. The molecule has 1 unspecified atom stereocenters. The second kappa shape index (κ2) is 8.09. The van der Waals surface area contributed by atoms with Gasteiger partial charge in [0.05, 0.1) is 6.61 Å². The molecule has 1 atom stereocenters. The van der Waals surface area contributed by atoms with Crippen LogP contribution in [0.25, 0.3) is 0 Å². The molecule has 0 spiro atoms. The standard InChI is InChI=1S/C15H24FNO/c1-4-14(17-5-2)7-6-10-18-15-11-13(16)9-8-12(15)3/h8-9,11,14,17H,4-7,10H2,1-3H3. The van der Waals surface area contributed by atoms with Crippen LogP contribution in [0.4, 0.5) is 4.39 Å². The minimum atomic E-state index is -0.241. The first-order valence-corrected chi connectivity index (χ1v) is 6.79. The highest BCUT2D eigenvalue weighted by Gasteiger charge is 2.05. The van der Waals surface area contributed by atoms with Crippen molar-refractivity contribution in [1.82, 2.24) is 5.32 Å². The summed E-state index contributed by atoms with van der Waals surface area (Å²) in [5.74, 6) is 0.418. The lowest BCUT2D eigenvalue weighted by Crippen LogP contribution is -2.28. The quantitative estimate of drug-likeness (QED) is 0.714. The highest BCUT2D eigenvalue weighted by molar-refractivity contribution is 5.32. The van der Waals surface area contributed by atoms with Crippen LogP contribution in [-0.2, 0) is 0 Å². The van der Waals surface area contributed by atoms with Gasteiger partial charge in [0.2, 0.25) is 0 Å². The Hall–Kier alpha value is -1.09. The summed E-state index contributed by atoms with van der Waals surface area (Å²) in [5.41, 5.74) is 0.982. The van der Waals surface area contributed by atoms with Gasteiger partial charge in [-0.1, -0.05) is 19.9 Å². The van der Waals surface area contributed by atoms with Crippen molar-refractivity contribution in [2.75, 3.05) is 13.2 Å². The average Bonchev–Trinajstić information content (AvgIpc) is 2.37. The van der Waals surface area contributed by atoms with Crippen molar-refractivity contribution in [2.24, 2.45) is 0 Å². The molecule has 1 N–H and O–H groups in total. The summed E-state index contributed by atoms with van der Waals surface area (Å²) in [7, 11) is 0. The molecule has 0 bridgehead atoms. The Balaban J connectivity index is 2.31. The molecule has 0 saturated carbocycles. The highest BCUT2D eigenvalue weighted by Crippen LogP contribution is 2.19. The predicted molar refractivity (Wildman–Crippen MR) is 73.6 cm³/mol. The molecule has 3 heteroatoms. The van der Waals surface area contributed by atoms with Gasteiger partial charge < -0.3 is 10.1 Å². The van der Waals surface area contributed by atoms with Gasteiger partial charge in [0.15, 0.2) is 0 Å². The van der Waals surface area contributed by atoms with Gasteiger partial charge in [0.25, 0.3) is 0 Å². The molecule has 2 nitrogen and oxygen atoms in total. The van der Waals surface area contributed by atoms with Gasteiger partial charge in [0, 0.05) is 12.1 Å². The van der Waals surface area contributed by atoms with E-state index in [1.807, 2.05) is 6.92 Å². The van der Waals surface area contributed by atoms with Crippen molar-refractivity contribution in [2.45, 2.75) is 46.1 Å². The van der Waals surface area contributed by atoms with Crippen LogP contribution < -0.4 is 10.1 Å². The summed E-state index contributed by atoms with van der Waals surface area (Å²) in [6.45, 7) is 7.89. The number of nitrogens with one attached hydrogen (secondary N) is 1. The van der Waals surface area contributed by atoms with Crippen LogP contribution >= 0.6 is 0 Å². The smallest absolute Gasteiger partial charge is 0.126 e. The molecule has 0 aliphatic carbocycles. The first-order valence-electron chi connectivity index (χ1n) is 6.79. The van der Waals surface area contributed by atoms with Gasteiger partial charge in [-0.3, -0.25) is 0 Å². The maximum absolute atomic E-state index is 13.0. The van der Waals surface area contributed by atoms with E-state index in [1.54, 1.807) is 6.07 Å². The van der Waals surface area contributed by atoms with E-state index >= 15 is 0 Å². The molecule has 0 aliphatic heterocycles. The number of benzene rings is 1. The zero-order chi connectivity index (χ0) is 13.4. The first-order chi connectivity index (χ1) is 8.67. The van der Waals surface area contributed by atoms with Gasteiger partial charge in [-0.15, -0.1) is 0 Å². The van der Waals surface area contributed by atoms with Crippen molar-refractivity contribution in [3.05, 3.63) is 29.6 Å². The normalized spacial score (nSPS) is 12.4. The molecular formula is C15H24FNO. The summed E-state index contributed by atoms with van der Waals surface area (Å²) in [5, 5.41) is 3.44. The SMILES string of the molecule is CCNC(CC)CCCOc1cc(F)ccc1C. The van der Waals surface area contributed by atoms with E-state index in [1.165, 1.54) is 12.1 Å². The zero-order valence-corrected chi connectivity index (χ0v) is 11.6. The van der Waals surface area contributed by atoms with Crippen molar-refractivity contribution >= 4 is 0 Å². The van der Waals surface area contributed by atoms with Crippen molar-refractivity contribution in [3.8, 4) is 5.75 Å². The Labute approximate surface area is 110 Å². The van der Waals surface area contributed by atoms with E-state index in [0.717, 1.165) is 31.4 Å². The molecule has 0 amide bonds. The Kier molecular flexibility index (Phi) is 6.73. The average molecular weight is 253 g/mol. The second-order valence-electron chi connectivity index (χ2n) is 4.56. The zero-order valence-electron chi connectivity index (χ0n) is 11.6. The molecule has 0 aromatic heterocycles. The Morgan fingerprint density at radius 2 is 2.11 bits per heavy atom. The molecule has 0 aliphatic rings. The molecule has 102 valence electrons. The largest absolute Gasteiger partial charge is 0.493 e. The maximum Gasteiger partial charge on any atom is 0.126 e. The summed E-state index contributed by atoms with van der Waals surface area (Å²) >= 11 is 0. The molecule has 18 heavy (non-hydrogen) atoms. The second-order valence-corrected chi connectivity index (χ2v) is 4.56. The third kappa shape index (κ3) is 5.05. The minimum absolute atomic E-state index is 0.241. The predicted octanol–water partition coefficient (Wildman–Crippen LogP) is 3.68. The number of ether oxygens (including phenoxy) is 1. The van der Waals surface area contributed by atoms with Gasteiger partial charge >= 0.3 is 0 Å². The van der Waals surface area contributed by atoms with Crippen LogP contribution in [0.2, 0.25) is 0 Å². The molecule has 0 saturated heterocycles. The molecule has 1 aromatic carbocycles. The molecule has 0 fully saturated rings. The third-order valence-electron chi connectivity index (χ3n) is 3.09. The fourth-order valence-corrected chi connectivity index (χ4v) is 1.98. The van der Waals surface area contributed by atoms with E-state index in [-0.39, 0.29) is 5.82 Å². The fraction of sp³-hybridized carbons (Fsp3) is 0.600. The summed E-state index contributed by atoms with van der Waals surface area (Å²) in [4.78, 5) is 0. The van der Waals surface area contributed by atoms with Gasteiger partial charge in [-0.2, -0.15) is 0 Å². The lowest BCUT2D eigenvalue weighted by Gasteiger charge is -2.16. The van der Waals surface area contributed by atoms with Crippen molar-refractivity contribution in [1.29, 1.82) is 0 Å². The number of hydrogen-bond acceptors (Lipinski definition) is 2. The number of hydrogen-bond donors (Lipinski definition) is 1. The minimum Gasteiger partial charge on any atom is -0.493 e. The van der Waals surface area contributed by atoms with Crippen LogP contribution in [-0.4, -0.2) is 19.2 Å². The van der Waals surface area contributed by atoms with E-state index in [9.17, 15) is 4.39 Å². The topological polar surface area (TPSA) is 21.3 Å². The summed E-state index contributed by atoms with van der Waals surface area (Å²) < 4.78 is 18.7. The lowest BCUT2D eigenvalue weighted by atomic mass is 10.1. The molecule has 0 heterocycles. The number of rotatable bonds is 8. The van der Waals surface area contributed by atoms with E-state index in [4.69, 9.17) is 4.74 Å². The molecular weight excluding hydrogens is 229 g/mol. The summed E-state index contributed by atoms with van der Waals surface area (Å²) in [6.07, 6.45) is 3.22. The fourth-order valence-electron chi connectivity index (χ4n) is 1.98. The van der Waals surface area contributed by atoms with Gasteiger partial charge in [-0.25, -0.2) is 4.39 Å². The van der Waals surface area contributed by atoms with Crippen LogP contribution in [0.5, 0.6) is 5.75 Å². The number of halogens is 1. The van der Waals surface area contributed by atoms with Gasteiger partial charge in [0.1, 0.15) is 11.6 Å². The van der Waals surface area contributed by atoms with Crippen molar-refractivity contribution in [3.63, 3.8) is 0 Å².